The molecule has 0 aliphatic carbocycles. The summed E-state index contributed by atoms with van der Waals surface area (Å²) in [4.78, 5) is 0. The van der Waals surface area contributed by atoms with Crippen LogP contribution in [-0.4, -0.2) is 19.2 Å². The van der Waals surface area contributed by atoms with Crippen molar-refractivity contribution in [1.29, 1.82) is 0 Å². The molecular weight excluding hydrogens is 234 g/mol. The fraction of sp³-hybridized carbons (Fsp3) is 0.556. The number of halogens is 1. The number of nitrogens with one attached hydrogen (secondary N) is 1. The standard InChI is InChI=1S/C9H12BrNO2/c1-6-4-8(10)13-9(6)12-7-2-3-11-5-7/h4,7,11H,2-3,5H2,1H3. The Bertz CT molecular complexity index is 292. The Labute approximate surface area is 85.6 Å². The second-order valence-electron chi connectivity index (χ2n) is 3.25. The highest BCUT2D eigenvalue weighted by Gasteiger charge is 2.18. The summed E-state index contributed by atoms with van der Waals surface area (Å²) < 4.78 is 11.7. The molecule has 0 radical (unpaired) electrons. The van der Waals surface area contributed by atoms with Crippen molar-refractivity contribution in [1.82, 2.24) is 5.32 Å². The molecular formula is C9H12BrNO2. The minimum atomic E-state index is 0.261. The molecule has 1 fully saturated rings. The van der Waals surface area contributed by atoms with Crippen LogP contribution in [0.1, 0.15) is 12.0 Å². The zero-order chi connectivity index (χ0) is 9.26. The molecule has 72 valence electrons. The topological polar surface area (TPSA) is 34.4 Å². The Hall–Kier alpha value is -0.480. The first kappa shape index (κ1) is 9.09. The zero-order valence-corrected chi connectivity index (χ0v) is 9.06. The van der Waals surface area contributed by atoms with Gasteiger partial charge in [-0.1, -0.05) is 0 Å². The molecule has 0 bridgehead atoms. The van der Waals surface area contributed by atoms with Crippen LogP contribution in [0.4, 0.5) is 0 Å². The number of hydrogen-bond donors (Lipinski definition) is 1. The molecule has 0 amide bonds. The lowest BCUT2D eigenvalue weighted by molar-refractivity contribution is 0.168. The summed E-state index contributed by atoms with van der Waals surface area (Å²) in [6.07, 6.45) is 1.31. The van der Waals surface area contributed by atoms with Gasteiger partial charge in [0.2, 0.25) is 0 Å². The van der Waals surface area contributed by atoms with Crippen molar-refractivity contribution < 1.29 is 9.15 Å². The molecule has 2 rings (SSSR count). The average Bonchev–Trinajstić information content (AvgIpc) is 2.63. The molecule has 0 aromatic carbocycles. The van der Waals surface area contributed by atoms with E-state index in [1.165, 1.54) is 0 Å². The Kier molecular flexibility index (Phi) is 2.60. The predicted octanol–water partition coefficient (Wildman–Crippen LogP) is 2.09. The van der Waals surface area contributed by atoms with E-state index in [0.717, 1.165) is 29.7 Å². The molecule has 1 saturated heterocycles. The Morgan fingerprint density at radius 1 is 1.69 bits per heavy atom. The Balaban J connectivity index is 2.03. The first-order chi connectivity index (χ1) is 6.25. The normalized spacial score (nSPS) is 22.2. The van der Waals surface area contributed by atoms with Gasteiger partial charge >= 0.3 is 0 Å². The predicted molar refractivity (Wildman–Crippen MR) is 53.0 cm³/mol. The maximum absolute atomic E-state index is 5.67. The molecule has 0 spiro atoms. The largest absolute Gasteiger partial charge is 0.460 e. The van der Waals surface area contributed by atoms with Crippen molar-refractivity contribution in [2.45, 2.75) is 19.4 Å². The summed E-state index contributed by atoms with van der Waals surface area (Å²) >= 11 is 3.27. The zero-order valence-electron chi connectivity index (χ0n) is 7.47. The summed E-state index contributed by atoms with van der Waals surface area (Å²) in [6, 6.07) is 1.91. The number of furan rings is 1. The molecule has 4 heteroatoms. The van der Waals surface area contributed by atoms with Gasteiger partial charge in [0.1, 0.15) is 6.10 Å². The van der Waals surface area contributed by atoms with Crippen LogP contribution in [0.15, 0.2) is 15.2 Å². The lowest BCUT2D eigenvalue weighted by atomic mass is 10.3. The molecule has 0 saturated carbocycles. The van der Waals surface area contributed by atoms with E-state index in [1.807, 2.05) is 13.0 Å². The molecule has 1 aromatic heterocycles. The summed E-state index contributed by atoms with van der Waals surface area (Å²) in [5, 5.41) is 3.24. The second kappa shape index (κ2) is 3.72. The van der Waals surface area contributed by atoms with Crippen LogP contribution in [0.5, 0.6) is 5.95 Å². The third-order valence-electron chi connectivity index (χ3n) is 2.13. The van der Waals surface area contributed by atoms with Crippen molar-refractivity contribution >= 4 is 15.9 Å². The van der Waals surface area contributed by atoms with Gasteiger partial charge in [-0.25, -0.2) is 0 Å². The summed E-state index contributed by atoms with van der Waals surface area (Å²) in [7, 11) is 0. The van der Waals surface area contributed by atoms with E-state index in [4.69, 9.17) is 9.15 Å². The van der Waals surface area contributed by atoms with Gasteiger partial charge < -0.3 is 14.5 Å². The molecule has 1 N–H and O–H groups in total. The van der Waals surface area contributed by atoms with Crippen LogP contribution < -0.4 is 10.1 Å². The third-order valence-corrected chi connectivity index (χ3v) is 2.52. The van der Waals surface area contributed by atoms with Crippen LogP contribution in [0.2, 0.25) is 0 Å². The molecule has 1 unspecified atom stereocenters. The summed E-state index contributed by atoms with van der Waals surface area (Å²) in [5.41, 5.74) is 1.04. The van der Waals surface area contributed by atoms with E-state index in [2.05, 4.69) is 21.2 Å². The minimum absolute atomic E-state index is 0.261. The van der Waals surface area contributed by atoms with E-state index in [0.29, 0.717) is 5.95 Å². The highest BCUT2D eigenvalue weighted by atomic mass is 79.9. The third kappa shape index (κ3) is 2.06. The highest BCUT2D eigenvalue weighted by Crippen LogP contribution is 2.27. The summed E-state index contributed by atoms with van der Waals surface area (Å²) in [6.45, 7) is 3.93. The van der Waals surface area contributed by atoms with Gasteiger partial charge in [-0.05, 0) is 41.9 Å². The van der Waals surface area contributed by atoms with Gasteiger partial charge in [-0.3, -0.25) is 0 Å². The first-order valence-electron chi connectivity index (χ1n) is 4.39. The highest BCUT2D eigenvalue weighted by molar-refractivity contribution is 9.10. The van der Waals surface area contributed by atoms with Crippen molar-refractivity contribution in [2.75, 3.05) is 13.1 Å². The second-order valence-corrected chi connectivity index (χ2v) is 4.04. The van der Waals surface area contributed by atoms with E-state index in [9.17, 15) is 0 Å². The number of hydrogen-bond acceptors (Lipinski definition) is 3. The van der Waals surface area contributed by atoms with Crippen LogP contribution in [0, 0.1) is 6.92 Å². The number of aryl methyl sites for hydroxylation is 1. The van der Waals surface area contributed by atoms with E-state index in [-0.39, 0.29) is 6.10 Å². The van der Waals surface area contributed by atoms with Crippen LogP contribution >= 0.6 is 15.9 Å². The molecule has 1 atom stereocenters. The SMILES string of the molecule is Cc1cc(Br)oc1OC1CCNC1. The van der Waals surface area contributed by atoms with Gasteiger partial charge in [0.15, 0.2) is 4.67 Å². The van der Waals surface area contributed by atoms with Gasteiger partial charge in [-0.15, -0.1) is 0 Å². The maximum Gasteiger partial charge on any atom is 0.288 e. The molecule has 1 aromatic rings. The smallest absolute Gasteiger partial charge is 0.288 e. The Morgan fingerprint density at radius 2 is 2.54 bits per heavy atom. The Morgan fingerprint density at radius 3 is 3.08 bits per heavy atom. The van der Waals surface area contributed by atoms with Crippen LogP contribution in [-0.2, 0) is 0 Å². The molecule has 2 heterocycles. The van der Waals surface area contributed by atoms with Crippen LogP contribution in [0.3, 0.4) is 0 Å². The number of ether oxygens (including phenoxy) is 1. The fourth-order valence-electron chi connectivity index (χ4n) is 1.42. The van der Waals surface area contributed by atoms with Gasteiger partial charge in [0, 0.05) is 12.1 Å². The van der Waals surface area contributed by atoms with E-state index in [1.54, 1.807) is 0 Å². The lowest BCUT2D eigenvalue weighted by Crippen LogP contribution is -2.19. The fourth-order valence-corrected chi connectivity index (χ4v) is 1.92. The van der Waals surface area contributed by atoms with Crippen molar-refractivity contribution in [3.63, 3.8) is 0 Å². The van der Waals surface area contributed by atoms with Gasteiger partial charge in [0.25, 0.3) is 5.95 Å². The quantitative estimate of drug-likeness (QED) is 0.867. The maximum atomic E-state index is 5.67. The van der Waals surface area contributed by atoms with Crippen molar-refractivity contribution in [2.24, 2.45) is 0 Å². The molecule has 3 nitrogen and oxygen atoms in total. The molecule has 13 heavy (non-hydrogen) atoms. The van der Waals surface area contributed by atoms with Gasteiger partial charge in [0.05, 0.1) is 0 Å². The monoisotopic (exact) mass is 245 g/mol. The van der Waals surface area contributed by atoms with E-state index < -0.39 is 0 Å². The first-order valence-corrected chi connectivity index (χ1v) is 5.18. The van der Waals surface area contributed by atoms with Crippen LogP contribution in [0.25, 0.3) is 0 Å². The molecule has 1 aliphatic heterocycles. The summed E-state index contributed by atoms with van der Waals surface area (Å²) in [5.74, 6) is 0.639. The number of rotatable bonds is 2. The minimum Gasteiger partial charge on any atom is -0.460 e. The average molecular weight is 246 g/mol. The van der Waals surface area contributed by atoms with Crippen molar-refractivity contribution in [3.05, 3.63) is 16.3 Å². The van der Waals surface area contributed by atoms with Gasteiger partial charge in [-0.2, -0.15) is 0 Å². The van der Waals surface area contributed by atoms with E-state index >= 15 is 0 Å². The molecule has 1 aliphatic rings. The van der Waals surface area contributed by atoms with Crippen molar-refractivity contribution in [3.8, 4) is 5.95 Å². The lowest BCUT2D eigenvalue weighted by Gasteiger charge is -2.09.